The molecule has 0 unspecified atom stereocenters. The number of nitrogens with zero attached hydrogens (tertiary/aromatic N) is 1. The summed E-state index contributed by atoms with van der Waals surface area (Å²) >= 11 is 0. The van der Waals surface area contributed by atoms with Gasteiger partial charge >= 0.3 is 0 Å². The first-order chi connectivity index (χ1) is 9.11. The minimum absolute atomic E-state index is 0.0456. The van der Waals surface area contributed by atoms with Crippen molar-refractivity contribution in [2.45, 2.75) is 6.54 Å². The maximum absolute atomic E-state index is 13.6. The molecule has 1 aromatic carbocycles. The van der Waals surface area contributed by atoms with Crippen molar-refractivity contribution in [2.75, 3.05) is 18.2 Å². The van der Waals surface area contributed by atoms with Crippen LogP contribution >= 0.6 is 0 Å². The Morgan fingerprint density at radius 2 is 2.11 bits per heavy atom. The van der Waals surface area contributed by atoms with Gasteiger partial charge in [-0.25, -0.2) is 13.8 Å². The molecule has 4 nitrogen and oxygen atoms in total. The molecule has 0 bridgehead atoms. The summed E-state index contributed by atoms with van der Waals surface area (Å²) in [5.74, 6) is -1.47. The summed E-state index contributed by atoms with van der Waals surface area (Å²) in [6, 6.07) is 5.74. The van der Waals surface area contributed by atoms with Gasteiger partial charge in [-0.15, -0.1) is 0 Å². The van der Waals surface area contributed by atoms with Crippen molar-refractivity contribution >= 4 is 11.4 Å². The second kappa shape index (κ2) is 5.51. The summed E-state index contributed by atoms with van der Waals surface area (Å²) in [6.45, 7) is 0.281. The number of hydrogen-bond acceptors (Lipinski definition) is 4. The highest BCUT2D eigenvalue weighted by atomic mass is 19.2. The SMILES string of the molecule is COc1cc(CNc2c(N)ccc(F)c2F)ccn1. The van der Waals surface area contributed by atoms with Gasteiger partial charge in [-0.1, -0.05) is 0 Å². The smallest absolute Gasteiger partial charge is 0.213 e. The molecule has 0 saturated heterocycles. The lowest BCUT2D eigenvalue weighted by Crippen LogP contribution is -2.06. The maximum atomic E-state index is 13.6. The zero-order chi connectivity index (χ0) is 13.8. The summed E-state index contributed by atoms with van der Waals surface area (Å²) in [5, 5.41) is 2.77. The van der Waals surface area contributed by atoms with E-state index in [0.717, 1.165) is 11.6 Å². The third kappa shape index (κ3) is 2.90. The van der Waals surface area contributed by atoms with Crippen LogP contribution in [0.15, 0.2) is 30.5 Å². The minimum Gasteiger partial charge on any atom is -0.481 e. The van der Waals surface area contributed by atoms with E-state index in [4.69, 9.17) is 10.5 Å². The lowest BCUT2D eigenvalue weighted by atomic mass is 10.2. The Bertz CT molecular complexity index is 590. The first kappa shape index (κ1) is 13.1. The lowest BCUT2D eigenvalue weighted by molar-refractivity contribution is 0.397. The first-order valence-electron chi connectivity index (χ1n) is 5.58. The van der Waals surface area contributed by atoms with Gasteiger partial charge in [-0.3, -0.25) is 0 Å². The van der Waals surface area contributed by atoms with Crippen LogP contribution in [-0.4, -0.2) is 12.1 Å². The summed E-state index contributed by atoms with van der Waals surface area (Å²) in [7, 11) is 1.50. The van der Waals surface area contributed by atoms with E-state index < -0.39 is 11.6 Å². The molecule has 0 aliphatic heterocycles. The molecule has 0 aliphatic rings. The zero-order valence-electron chi connectivity index (χ0n) is 10.3. The number of pyridine rings is 1. The van der Waals surface area contributed by atoms with Gasteiger partial charge in [0.15, 0.2) is 11.6 Å². The Hall–Kier alpha value is -2.37. The molecular weight excluding hydrogens is 252 g/mol. The largest absolute Gasteiger partial charge is 0.481 e. The Kier molecular flexibility index (Phi) is 3.79. The number of nitrogen functional groups attached to an aromatic ring is 1. The number of anilines is 2. The van der Waals surface area contributed by atoms with Crippen LogP contribution in [0, 0.1) is 11.6 Å². The van der Waals surface area contributed by atoms with Crippen molar-refractivity contribution < 1.29 is 13.5 Å². The molecule has 0 spiro atoms. The van der Waals surface area contributed by atoms with Crippen LogP contribution in [0.3, 0.4) is 0 Å². The number of nitrogens with one attached hydrogen (secondary N) is 1. The molecule has 19 heavy (non-hydrogen) atoms. The van der Waals surface area contributed by atoms with E-state index in [0.29, 0.717) is 5.88 Å². The standard InChI is InChI=1S/C13H13F2N3O/c1-19-11-6-8(4-5-17-11)7-18-13-10(16)3-2-9(14)12(13)15/h2-6,18H,7,16H2,1H3. The topological polar surface area (TPSA) is 60.2 Å². The van der Waals surface area contributed by atoms with E-state index in [-0.39, 0.29) is 17.9 Å². The van der Waals surface area contributed by atoms with E-state index in [2.05, 4.69) is 10.3 Å². The summed E-state index contributed by atoms with van der Waals surface area (Å²) < 4.78 is 31.6. The predicted molar refractivity (Wildman–Crippen MR) is 68.9 cm³/mol. The van der Waals surface area contributed by atoms with Gasteiger partial charge in [0.2, 0.25) is 5.88 Å². The number of halogens is 2. The van der Waals surface area contributed by atoms with E-state index in [1.54, 1.807) is 18.3 Å². The van der Waals surface area contributed by atoms with Crippen LogP contribution in [-0.2, 0) is 6.54 Å². The molecular formula is C13H13F2N3O. The van der Waals surface area contributed by atoms with Crippen LogP contribution < -0.4 is 15.8 Å². The van der Waals surface area contributed by atoms with Crippen molar-refractivity contribution in [3.8, 4) is 5.88 Å². The molecule has 0 fully saturated rings. The third-order valence-corrected chi connectivity index (χ3v) is 2.60. The number of rotatable bonds is 4. The van der Waals surface area contributed by atoms with E-state index in [1.807, 2.05) is 0 Å². The van der Waals surface area contributed by atoms with Crippen molar-refractivity contribution in [3.63, 3.8) is 0 Å². The fourth-order valence-electron chi connectivity index (χ4n) is 1.61. The summed E-state index contributed by atoms with van der Waals surface area (Å²) in [5.41, 5.74) is 6.53. The fraction of sp³-hybridized carbons (Fsp3) is 0.154. The highest BCUT2D eigenvalue weighted by Crippen LogP contribution is 2.25. The van der Waals surface area contributed by atoms with Crippen molar-refractivity contribution in [2.24, 2.45) is 0 Å². The minimum atomic E-state index is -0.985. The van der Waals surface area contributed by atoms with Crippen LogP contribution in [0.1, 0.15) is 5.56 Å². The van der Waals surface area contributed by atoms with Gasteiger partial charge < -0.3 is 15.8 Å². The van der Waals surface area contributed by atoms with E-state index in [1.165, 1.54) is 13.2 Å². The fourth-order valence-corrected chi connectivity index (χ4v) is 1.61. The monoisotopic (exact) mass is 265 g/mol. The number of ether oxygens (including phenoxy) is 1. The van der Waals surface area contributed by atoms with Gasteiger partial charge in [0.05, 0.1) is 18.5 Å². The molecule has 0 aliphatic carbocycles. The first-order valence-corrected chi connectivity index (χ1v) is 5.58. The Morgan fingerprint density at radius 3 is 2.84 bits per heavy atom. The number of methoxy groups -OCH3 is 1. The van der Waals surface area contributed by atoms with Crippen LogP contribution in [0.5, 0.6) is 5.88 Å². The summed E-state index contributed by atoms with van der Waals surface area (Å²) in [4.78, 5) is 3.95. The van der Waals surface area contributed by atoms with Crippen molar-refractivity contribution in [1.82, 2.24) is 4.98 Å². The molecule has 2 rings (SSSR count). The highest BCUT2D eigenvalue weighted by Gasteiger charge is 2.11. The molecule has 6 heteroatoms. The van der Waals surface area contributed by atoms with Crippen molar-refractivity contribution in [1.29, 1.82) is 0 Å². The Labute approximate surface area is 109 Å². The number of benzene rings is 1. The van der Waals surface area contributed by atoms with Crippen LogP contribution in [0.4, 0.5) is 20.2 Å². The van der Waals surface area contributed by atoms with Crippen molar-refractivity contribution in [3.05, 3.63) is 47.7 Å². The maximum Gasteiger partial charge on any atom is 0.213 e. The van der Waals surface area contributed by atoms with Gasteiger partial charge in [-0.2, -0.15) is 0 Å². The lowest BCUT2D eigenvalue weighted by Gasteiger charge is -2.11. The highest BCUT2D eigenvalue weighted by molar-refractivity contribution is 5.66. The third-order valence-electron chi connectivity index (χ3n) is 2.60. The molecule has 0 atom stereocenters. The van der Waals surface area contributed by atoms with Crippen LogP contribution in [0.25, 0.3) is 0 Å². The Morgan fingerprint density at radius 1 is 1.32 bits per heavy atom. The predicted octanol–water partition coefficient (Wildman–Crippen LogP) is 2.56. The van der Waals surface area contributed by atoms with Gasteiger partial charge in [0.25, 0.3) is 0 Å². The molecule has 2 aromatic rings. The molecule has 1 heterocycles. The molecule has 0 radical (unpaired) electrons. The van der Waals surface area contributed by atoms with Gasteiger partial charge in [-0.05, 0) is 23.8 Å². The molecule has 0 saturated carbocycles. The van der Waals surface area contributed by atoms with Gasteiger partial charge in [0, 0.05) is 18.8 Å². The normalized spacial score (nSPS) is 10.3. The summed E-state index contributed by atoms with van der Waals surface area (Å²) in [6.07, 6.45) is 1.57. The molecule has 1 aromatic heterocycles. The number of hydrogen-bond donors (Lipinski definition) is 2. The average molecular weight is 265 g/mol. The van der Waals surface area contributed by atoms with E-state index >= 15 is 0 Å². The number of aromatic nitrogens is 1. The average Bonchev–Trinajstić information content (AvgIpc) is 2.43. The molecule has 3 N–H and O–H groups in total. The molecule has 100 valence electrons. The second-order valence-electron chi connectivity index (χ2n) is 3.89. The molecule has 0 amide bonds. The second-order valence-corrected chi connectivity index (χ2v) is 3.89. The zero-order valence-corrected chi connectivity index (χ0v) is 10.3. The quantitative estimate of drug-likeness (QED) is 0.834. The van der Waals surface area contributed by atoms with Crippen LogP contribution in [0.2, 0.25) is 0 Å². The van der Waals surface area contributed by atoms with Gasteiger partial charge in [0.1, 0.15) is 0 Å². The number of nitrogens with two attached hydrogens (primary N) is 1. The Balaban J connectivity index is 2.16. The van der Waals surface area contributed by atoms with E-state index in [9.17, 15) is 8.78 Å².